The van der Waals surface area contributed by atoms with Gasteiger partial charge in [-0.15, -0.1) is 0 Å². The van der Waals surface area contributed by atoms with Gasteiger partial charge >= 0.3 is 0 Å². The van der Waals surface area contributed by atoms with Crippen LogP contribution in [0, 0.1) is 5.92 Å². The molecule has 2 saturated carbocycles. The summed E-state index contributed by atoms with van der Waals surface area (Å²) in [5.74, 6) is 0.880. The Morgan fingerprint density at radius 2 is 1.85 bits per heavy atom. The Kier molecular flexibility index (Phi) is 4.02. The van der Waals surface area contributed by atoms with Crippen molar-refractivity contribution in [1.29, 1.82) is 0 Å². The highest BCUT2D eigenvalue weighted by Crippen LogP contribution is 2.41. The van der Waals surface area contributed by atoms with Gasteiger partial charge in [-0.1, -0.05) is 12.8 Å². The molecular formula is C20H28N4O2. The molecule has 1 unspecified atom stereocenters. The van der Waals surface area contributed by atoms with E-state index in [0.717, 1.165) is 38.8 Å². The number of nitrogens with zero attached hydrogens (tertiary/aromatic N) is 3. The van der Waals surface area contributed by atoms with E-state index in [-0.39, 0.29) is 17.7 Å². The number of rotatable bonds is 3. The van der Waals surface area contributed by atoms with Crippen LogP contribution in [0.4, 0.5) is 0 Å². The summed E-state index contributed by atoms with van der Waals surface area (Å²) in [6.45, 7) is 2.14. The van der Waals surface area contributed by atoms with Crippen LogP contribution in [-0.2, 0) is 22.4 Å². The van der Waals surface area contributed by atoms with Crippen molar-refractivity contribution < 1.29 is 9.59 Å². The third-order valence-electron chi connectivity index (χ3n) is 6.80. The quantitative estimate of drug-likeness (QED) is 0.901. The maximum atomic E-state index is 13.1. The molecule has 1 saturated heterocycles. The average molecular weight is 356 g/mol. The largest absolute Gasteiger partial charge is 0.342 e. The van der Waals surface area contributed by atoms with Crippen LogP contribution in [0.25, 0.3) is 0 Å². The lowest BCUT2D eigenvalue weighted by molar-refractivity contribution is -0.135. The first-order valence-corrected chi connectivity index (χ1v) is 10.3. The van der Waals surface area contributed by atoms with Crippen molar-refractivity contribution in [3.8, 4) is 0 Å². The van der Waals surface area contributed by atoms with Gasteiger partial charge in [0, 0.05) is 50.1 Å². The average Bonchev–Trinajstić information content (AvgIpc) is 3.07. The molecule has 1 atom stereocenters. The second-order valence-electron chi connectivity index (χ2n) is 8.55. The second kappa shape index (κ2) is 6.39. The number of aromatic nitrogens is 2. The molecule has 0 bridgehead atoms. The minimum atomic E-state index is -0.138. The van der Waals surface area contributed by atoms with Crippen LogP contribution in [0.3, 0.4) is 0 Å². The number of hydrogen-bond acceptors (Lipinski definition) is 3. The number of carbonyl (C=O) groups excluding carboxylic acids is 2. The van der Waals surface area contributed by atoms with Crippen LogP contribution < -0.4 is 0 Å². The van der Waals surface area contributed by atoms with E-state index in [1.807, 2.05) is 9.80 Å². The van der Waals surface area contributed by atoms with E-state index in [1.165, 1.54) is 42.6 Å². The number of carbonyl (C=O) groups is 2. The van der Waals surface area contributed by atoms with Crippen molar-refractivity contribution in [1.82, 2.24) is 20.0 Å². The zero-order valence-corrected chi connectivity index (χ0v) is 15.4. The van der Waals surface area contributed by atoms with Gasteiger partial charge in [0.1, 0.15) is 0 Å². The van der Waals surface area contributed by atoms with Gasteiger partial charge in [0.2, 0.25) is 11.8 Å². The highest BCUT2D eigenvalue weighted by atomic mass is 16.2. The predicted octanol–water partition coefficient (Wildman–Crippen LogP) is 2.01. The minimum absolute atomic E-state index is 0.138. The summed E-state index contributed by atoms with van der Waals surface area (Å²) in [6.07, 6.45) is 9.32. The topological polar surface area (TPSA) is 69.3 Å². The SMILES string of the molecule is O=C(C1CC(=O)N(C2CCCC2)C1)N1CCc2[nH]nc(C3CC3)c2CC1. The smallest absolute Gasteiger partial charge is 0.228 e. The van der Waals surface area contributed by atoms with Crippen LogP contribution in [-0.4, -0.2) is 57.5 Å². The molecule has 6 heteroatoms. The summed E-state index contributed by atoms with van der Waals surface area (Å²) in [5, 5.41) is 7.75. The molecule has 26 heavy (non-hydrogen) atoms. The van der Waals surface area contributed by atoms with E-state index in [2.05, 4.69) is 10.2 Å². The van der Waals surface area contributed by atoms with E-state index < -0.39 is 0 Å². The van der Waals surface area contributed by atoms with Crippen molar-refractivity contribution >= 4 is 11.8 Å². The van der Waals surface area contributed by atoms with Crippen LogP contribution in [0.1, 0.15) is 67.8 Å². The molecule has 2 aliphatic heterocycles. The van der Waals surface area contributed by atoms with E-state index in [9.17, 15) is 9.59 Å². The number of amides is 2. The molecular weight excluding hydrogens is 328 g/mol. The molecule has 140 valence electrons. The Morgan fingerprint density at radius 1 is 1.08 bits per heavy atom. The fourth-order valence-corrected chi connectivity index (χ4v) is 5.15. The summed E-state index contributed by atoms with van der Waals surface area (Å²) >= 11 is 0. The van der Waals surface area contributed by atoms with Crippen LogP contribution in [0.2, 0.25) is 0 Å². The van der Waals surface area contributed by atoms with Crippen molar-refractivity contribution in [2.45, 2.75) is 69.7 Å². The van der Waals surface area contributed by atoms with E-state index in [1.54, 1.807) is 0 Å². The fourth-order valence-electron chi connectivity index (χ4n) is 5.15. The van der Waals surface area contributed by atoms with Gasteiger partial charge in [-0.25, -0.2) is 0 Å². The minimum Gasteiger partial charge on any atom is -0.342 e. The molecule has 2 amide bonds. The molecule has 2 aliphatic carbocycles. The molecule has 1 N–H and O–H groups in total. The first kappa shape index (κ1) is 16.3. The van der Waals surface area contributed by atoms with Crippen molar-refractivity contribution in [3.05, 3.63) is 17.0 Å². The maximum absolute atomic E-state index is 13.1. The summed E-state index contributed by atoms with van der Waals surface area (Å²) in [4.78, 5) is 29.5. The molecule has 5 rings (SSSR count). The van der Waals surface area contributed by atoms with E-state index in [4.69, 9.17) is 0 Å². The lowest BCUT2D eigenvalue weighted by Crippen LogP contribution is -2.40. The Bertz CT molecular complexity index is 717. The first-order valence-electron chi connectivity index (χ1n) is 10.3. The molecule has 0 radical (unpaired) electrons. The van der Waals surface area contributed by atoms with Crippen LogP contribution in [0.15, 0.2) is 0 Å². The number of likely N-dealkylation sites (tertiary alicyclic amines) is 1. The van der Waals surface area contributed by atoms with E-state index >= 15 is 0 Å². The van der Waals surface area contributed by atoms with Gasteiger partial charge < -0.3 is 9.80 Å². The highest BCUT2D eigenvalue weighted by molar-refractivity contribution is 5.89. The van der Waals surface area contributed by atoms with Gasteiger partial charge in [-0.3, -0.25) is 14.7 Å². The predicted molar refractivity (Wildman–Crippen MR) is 96.6 cm³/mol. The number of hydrogen-bond donors (Lipinski definition) is 1. The molecule has 6 nitrogen and oxygen atoms in total. The highest BCUT2D eigenvalue weighted by Gasteiger charge is 2.40. The number of aromatic amines is 1. The van der Waals surface area contributed by atoms with Crippen molar-refractivity contribution in [3.63, 3.8) is 0 Å². The summed E-state index contributed by atoms with van der Waals surface area (Å²) < 4.78 is 0. The Balaban J connectivity index is 1.24. The summed E-state index contributed by atoms with van der Waals surface area (Å²) in [6, 6.07) is 0.386. The Hall–Kier alpha value is -1.85. The summed E-state index contributed by atoms with van der Waals surface area (Å²) in [5.41, 5.74) is 3.83. The third kappa shape index (κ3) is 2.83. The molecule has 0 aromatic carbocycles. The number of nitrogens with one attached hydrogen (secondary N) is 1. The van der Waals surface area contributed by atoms with Crippen molar-refractivity contribution in [2.24, 2.45) is 5.92 Å². The number of H-pyrrole nitrogens is 1. The maximum Gasteiger partial charge on any atom is 0.228 e. The molecule has 3 heterocycles. The van der Waals surface area contributed by atoms with Crippen LogP contribution in [0.5, 0.6) is 0 Å². The van der Waals surface area contributed by atoms with Gasteiger partial charge in [-0.2, -0.15) is 5.10 Å². The van der Waals surface area contributed by atoms with Gasteiger partial charge in [0.25, 0.3) is 0 Å². The van der Waals surface area contributed by atoms with Crippen LogP contribution >= 0.6 is 0 Å². The summed E-state index contributed by atoms with van der Waals surface area (Å²) in [7, 11) is 0. The zero-order chi connectivity index (χ0) is 17.7. The van der Waals surface area contributed by atoms with Gasteiger partial charge in [-0.05, 0) is 37.7 Å². The molecule has 3 fully saturated rings. The normalized spacial score (nSPS) is 27.1. The molecule has 1 aromatic rings. The Labute approximate surface area is 154 Å². The Morgan fingerprint density at radius 3 is 2.62 bits per heavy atom. The van der Waals surface area contributed by atoms with Crippen molar-refractivity contribution in [2.75, 3.05) is 19.6 Å². The van der Waals surface area contributed by atoms with E-state index in [0.29, 0.717) is 24.9 Å². The first-order chi connectivity index (χ1) is 12.7. The van der Waals surface area contributed by atoms with Gasteiger partial charge in [0.15, 0.2) is 0 Å². The standard InChI is InChI=1S/C20H28N4O2/c25-18-11-14(12-24(18)15-3-1-2-4-15)20(26)23-9-7-16-17(8-10-23)21-22-19(16)13-5-6-13/h13-15H,1-12H2,(H,21,22). The number of fused-ring (bicyclic) bond motifs is 1. The fraction of sp³-hybridized carbons (Fsp3) is 0.750. The molecule has 4 aliphatic rings. The van der Waals surface area contributed by atoms with Gasteiger partial charge in [0.05, 0.1) is 11.6 Å². The lowest BCUT2D eigenvalue weighted by atomic mass is 10.1. The molecule has 0 spiro atoms. The monoisotopic (exact) mass is 356 g/mol. The third-order valence-corrected chi connectivity index (χ3v) is 6.80. The molecule has 1 aromatic heterocycles. The lowest BCUT2D eigenvalue weighted by Gasteiger charge is -2.26. The zero-order valence-electron chi connectivity index (χ0n) is 15.4. The second-order valence-corrected chi connectivity index (χ2v) is 8.55.